The van der Waals surface area contributed by atoms with Crippen molar-refractivity contribution in [3.8, 4) is 5.75 Å². The SMILES string of the molecule is Cc1ccc(C(=O)NC(=Cc2cccnc2)C(=O)Nc2cccc(O)c2)cc1. The van der Waals surface area contributed by atoms with Gasteiger partial charge >= 0.3 is 0 Å². The molecule has 6 nitrogen and oxygen atoms in total. The van der Waals surface area contributed by atoms with Gasteiger partial charge in [0.05, 0.1) is 0 Å². The van der Waals surface area contributed by atoms with Crippen molar-refractivity contribution in [1.82, 2.24) is 10.3 Å². The first kappa shape index (κ1) is 18.8. The second kappa shape index (κ2) is 8.64. The van der Waals surface area contributed by atoms with Gasteiger partial charge in [0.2, 0.25) is 0 Å². The number of nitrogens with one attached hydrogen (secondary N) is 2. The van der Waals surface area contributed by atoms with E-state index in [9.17, 15) is 14.7 Å². The third kappa shape index (κ3) is 5.04. The lowest BCUT2D eigenvalue weighted by molar-refractivity contribution is -0.113. The second-order valence-corrected chi connectivity index (χ2v) is 6.17. The summed E-state index contributed by atoms with van der Waals surface area (Å²) in [6.07, 6.45) is 4.74. The van der Waals surface area contributed by atoms with Gasteiger partial charge in [-0.2, -0.15) is 0 Å². The normalized spacial score (nSPS) is 11.0. The number of amides is 2. The third-order valence-corrected chi connectivity index (χ3v) is 3.91. The number of carbonyl (C=O) groups excluding carboxylic acids is 2. The fraction of sp³-hybridized carbons (Fsp3) is 0.0455. The number of nitrogens with zero attached hydrogens (tertiary/aromatic N) is 1. The van der Waals surface area contributed by atoms with Gasteiger partial charge in [-0.25, -0.2) is 0 Å². The number of hydrogen-bond acceptors (Lipinski definition) is 4. The highest BCUT2D eigenvalue weighted by Crippen LogP contribution is 2.16. The van der Waals surface area contributed by atoms with Gasteiger partial charge in [0.25, 0.3) is 11.8 Å². The van der Waals surface area contributed by atoms with Crippen LogP contribution in [-0.4, -0.2) is 21.9 Å². The molecule has 0 saturated carbocycles. The molecule has 0 fully saturated rings. The van der Waals surface area contributed by atoms with Crippen LogP contribution >= 0.6 is 0 Å². The Morgan fingerprint density at radius 3 is 2.50 bits per heavy atom. The van der Waals surface area contributed by atoms with Gasteiger partial charge in [-0.15, -0.1) is 0 Å². The van der Waals surface area contributed by atoms with Crippen LogP contribution < -0.4 is 10.6 Å². The first-order chi connectivity index (χ1) is 13.5. The van der Waals surface area contributed by atoms with Crippen LogP contribution in [0.3, 0.4) is 0 Å². The molecule has 0 unspecified atom stereocenters. The molecule has 0 aliphatic rings. The lowest BCUT2D eigenvalue weighted by atomic mass is 10.1. The molecule has 0 bridgehead atoms. The van der Waals surface area contributed by atoms with E-state index in [1.165, 1.54) is 18.2 Å². The van der Waals surface area contributed by atoms with Crippen molar-refractivity contribution >= 4 is 23.6 Å². The van der Waals surface area contributed by atoms with Crippen LogP contribution in [0.15, 0.2) is 78.8 Å². The molecule has 1 heterocycles. The van der Waals surface area contributed by atoms with Crippen molar-refractivity contribution in [3.63, 3.8) is 0 Å². The number of benzene rings is 2. The minimum Gasteiger partial charge on any atom is -0.508 e. The summed E-state index contributed by atoms with van der Waals surface area (Å²) in [5, 5.41) is 14.9. The fourth-order valence-corrected chi connectivity index (χ4v) is 2.47. The molecule has 2 amide bonds. The predicted octanol–water partition coefficient (Wildman–Crippen LogP) is 3.51. The number of rotatable bonds is 5. The maximum Gasteiger partial charge on any atom is 0.272 e. The minimum atomic E-state index is -0.519. The molecule has 28 heavy (non-hydrogen) atoms. The van der Waals surface area contributed by atoms with Crippen LogP contribution in [0.5, 0.6) is 5.75 Å². The molecule has 0 spiro atoms. The van der Waals surface area contributed by atoms with Gasteiger partial charge < -0.3 is 15.7 Å². The maximum atomic E-state index is 12.8. The van der Waals surface area contributed by atoms with Crippen LogP contribution in [0, 0.1) is 6.92 Å². The van der Waals surface area contributed by atoms with Crippen LogP contribution in [0.25, 0.3) is 6.08 Å². The van der Waals surface area contributed by atoms with Crippen molar-refractivity contribution in [2.75, 3.05) is 5.32 Å². The molecule has 1 aromatic heterocycles. The van der Waals surface area contributed by atoms with E-state index < -0.39 is 11.8 Å². The number of phenols is 1. The molecule has 140 valence electrons. The van der Waals surface area contributed by atoms with Gasteiger partial charge in [-0.05, 0) is 48.9 Å². The van der Waals surface area contributed by atoms with E-state index in [-0.39, 0.29) is 11.4 Å². The zero-order chi connectivity index (χ0) is 19.9. The number of phenolic OH excluding ortho intramolecular Hbond substituents is 1. The molecule has 0 saturated heterocycles. The summed E-state index contributed by atoms with van der Waals surface area (Å²) in [5.74, 6) is -0.893. The Labute approximate surface area is 162 Å². The lowest BCUT2D eigenvalue weighted by Gasteiger charge is -2.11. The summed E-state index contributed by atoms with van der Waals surface area (Å²) >= 11 is 0. The molecule has 3 N–H and O–H groups in total. The number of aromatic hydroxyl groups is 1. The van der Waals surface area contributed by atoms with Crippen molar-refractivity contribution in [2.24, 2.45) is 0 Å². The van der Waals surface area contributed by atoms with Crippen molar-refractivity contribution in [2.45, 2.75) is 6.92 Å². The van der Waals surface area contributed by atoms with E-state index in [0.717, 1.165) is 5.56 Å². The number of carbonyl (C=O) groups is 2. The van der Waals surface area contributed by atoms with Crippen LogP contribution in [0.2, 0.25) is 0 Å². The van der Waals surface area contributed by atoms with E-state index in [4.69, 9.17) is 0 Å². The molecular weight excluding hydrogens is 354 g/mol. The quantitative estimate of drug-likeness (QED) is 0.597. The van der Waals surface area contributed by atoms with Crippen molar-refractivity contribution in [3.05, 3.63) is 95.4 Å². The molecule has 2 aromatic carbocycles. The molecule has 3 aromatic rings. The van der Waals surface area contributed by atoms with Crippen molar-refractivity contribution in [1.29, 1.82) is 0 Å². The molecule has 0 aliphatic heterocycles. The Bertz CT molecular complexity index is 1010. The standard InChI is InChI=1S/C22H19N3O3/c1-15-7-9-17(10-8-15)21(27)25-20(12-16-4-3-11-23-14-16)22(28)24-18-5-2-6-19(26)13-18/h2-14,26H,1H3,(H,24,28)(H,25,27). The topological polar surface area (TPSA) is 91.3 Å². The average molecular weight is 373 g/mol. The minimum absolute atomic E-state index is 0.0271. The molecule has 6 heteroatoms. The average Bonchev–Trinajstić information content (AvgIpc) is 2.68. The molecule has 3 rings (SSSR count). The Balaban J connectivity index is 1.86. The smallest absolute Gasteiger partial charge is 0.272 e. The fourth-order valence-electron chi connectivity index (χ4n) is 2.47. The second-order valence-electron chi connectivity index (χ2n) is 6.17. The first-order valence-corrected chi connectivity index (χ1v) is 8.61. The zero-order valence-corrected chi connectivity index (χ0v) is 15.2. The van der Waals surface area contributed by atoms with Gasteiger partial charge in [-0.1, -0.05) is 29.8 Å². The highest BCUT2D eigenvalue weighted by molar-refractivity contribution is 6.10. The number of aryl methyl sites for hydroxylation is 1. The number of aromatic nitrogens is 1. The maximum absolute atomic E-state index is 12.8. The molecule has 0 aliphatic carbocycles. The van der Waals surface area contributed by atoms with E-state index >= 15 is 0 Å². The Kier molecular flexibility index (Phi) is 5.81. The van der Waals surface area contributed by atoms with Gasteiger partial charge in [0.1, 0.15) is 11.4 Å². The highest BCUT2D eigenvalue weighted by atomic mass is 16.3. The first-order valence-electron chi connectivity index (χ1n) is 8.61. The van der Waals surface area contributed by atoms with Crippen molar-refractivity contribution < 1.29 is 14.7 Å². The third-order valence-electron chi connectivity index (χ3n) is 3.91. The molecule has 0 atom stereocenters. The summed E-state index contributed by atoms with van der Waals surface area (Å²) < 4.78 is 0. The Morgan fingerprint density at radius 2 is 1.82 bits per heavy atom. The van der Waals surface area contributed by atoms with Gasteiger partial charge in [0.15, 0.2) is 0 Å². The van der Waals surface area contributed by atoms with Crippen LogP contribution in [-0.2, 0) is 4.79 Å². The van der Waals surface area contributed by atoms with Gasteiger partial charge in [-0.3, -0.25) is 14.6 Å². The monoisotopic (exact) mass is 373 g/mol. The zero-order valence-electron chi connectivity index (χ0n) is 15.2. The lowest BCUT2D eigenvalue weighted by Crippen LogP contribution is -2.30. The van der Waals surface area contributed by atoms with E-state index in [1.54, 1.807) is 48.8 Å². The van der Waals surface area contributed by atoms with E-state index in [1.807, 2.05) is 19.1 Å². The number of hydrogen-bond donors (Lipinski definition) is 3. The molecular formula is C22H19N3O3. The summed E-state index contributed by atoms with van der Waals surface area (Å²) in [6, 6.07) is 16.7. The van der Waals surface area contributed by atoms with E-state index in [0.29, 0.717) is 16.8 Å². The highest BCUT2D eigenvalue weighted by Gasteiger charge is 2.15. The van der Waals surface area contributed by atoms with Crippen LogP contribution in [0.1, 0.15) is 21.5 Å². The van der Waals surface area contributed by atoms with Gasteiger partial charge in [0, 0.05) is 29.7 Å². The van der Waals surface area contributed by atoms with Crippen LogP contribution in [0.4, 0.5) is 5.69 Å². The summed E-state index contributed by atoms with van der Waals surface area (Å²) in [4.78, 5) is 29.4. The van der Waals surface area contributed by atoms with E-state index in [2.05, 4.69) is 15.6 Å². The summed E-state index contributed by atoms with van der Waals surface area (Å²) in [7, 11) is 0. The summed E-state index contributed by atoms with van der Waals surface area (Å²) in [5.41, 5.74) is 2.60. The Morgan fingerprint density at radius 1 is 1.04 bits per heavy atom. The summed E-state index contributed by atoms with van der Waals surface area (Å²) in [6.45, 7) is 1.93. The molecule has 0 radical (unpaired) electrons. The number of anilines is 1. The Hall–Kier alpha value is -3.93. The predicted molar refractivity (Wildman–Crippen MR) is 108 cm³/mol. The largest absolute Gasteiger partial charge is 0.508 e. The number of pyridine rings is 1.